The van der Waals surface area contributed by atoms with Crippen molar-refractivity contribution in [1.82, 2.24) is 19.9 Å². The summed E-state index contributed by atoms with van der Waals surface area (Å²) >= 11 is 0. The van der Waals surface area contributed by atoms with Gasteiger partial charge in [0.2, 0.25) is 0 Å². The normalized spacial score (nSPS) is 15.9. The van der Waals surface area contributed by atoms with Crippen LogP contribution in [0.15, 0.2) is 73.3 Å². The number of ether oxygens (including phenoxy) is 1. The van der Waals surface area contributed by atoms with Crippen molar-refractivity contribution < 1.29 is 14.3 Å². The van der Waals surface area contributed by atoms with Gasteiger partial charge in [-0.1, -0.05) is 72.5 Å². The number of aryl methyl sites for hydroxylation is 2. The van der Waals surface area contributed by atoms with Gasteiger partial charge in [-0.15, -0.1) is 0 Å². The second-order valence-electron chi connectivity index (χ2n) is 12.5. The maximum Gasteiger partial charge on any atom is 0.341 e. The molecule has 45 heavy (non-hydrogen) atoms. The van der Waals surface area contributed by atoms with Crippen molar-refractivity contribution >= 4 is 11.8 Å². The van der Waals surface area contributed by atoms with Crippen LogP contribution in [0.5, 0.6) is 0 Å². The summed E-state index contributed by atoms with van der Waals surface area (Å²) in [5.74, 6) is 1.11. The van der Waals surface area contributed by atoms with E-state index in [-0.39, 0.29) is 29.1 Å². The SMILES string of the molecule is CCOC(=O)c1cnc(CC2(c3cccc(C)c3)CCC2)nc1.Cc1cccc(C2(Cc3ncc(C(=O)CN)cn3)CCC2)c1. The van der Waals surface area contributed by atoms with Crippen molar-refractivity contribution in [2.75, 3.05) is 13.2 Å². The lowest BCUT2D eigenvalue weighted by atomic mass is 9.62. The lowest BCUT2D eigenvalue weighted by Gasteiger charge is -2.42. The fraction of sp³-hybridized carbons (Fsp3) is 0.405. The van der Waals surface area contributed by atoms with Crippen LogP contribution >= 0.6 is 0 Å². The van der Waals surface area contributed by atoms with E-state index in [1.165, 1.54) is 60.8 Å². The molecule has 0 saturated heterocycles. The Morgan fingerprint density at radius 1 is 0.733 bits per heavy atom. The summed E-state index contributed by atoms with van der Waals surface area (Å²) in [7, 11) is 0. The lowest BCUT2D eigenvalue weighted by molar-refractivity contribution is 0.0525. The second-order valence-corrected chi connectivity index (χ2v) is 12.5. The minimum atomic E-state index is -0.365. The number of carbonyl (C=O) groups is 2. The van der Waals surface area contributed by atoms with Gasteiger partial charge < -0.3 is 10.5 Å². The molecule has 2 N–H and O–H groups in total. The van der Waals surface area contributed by atoms with E-state index in [4.69, 9.17) is 10.5 Å². The van der Waals surface area contributed by atoms with Crippen LogP contribution in [0, 0.1) is 13.8 Å². The molecule has 4 aromatic rings. The molecule has 6 rings (SSSR count). The standard InChI is InChI=1S/C19H22N2O2.C18H21N3O/c1-3-23-18(22)15-12-20-17(21-13-15)11-19(8-5-9-19)16-7-4-6-14(2)10-16;1-13-4-2-5-15(8-13)18(6-3-7-18)9-17-20-11-14(12-21-17)16(22)10-19/h4,6-7,10,12-13H,3,5,8-9,11H2,1-2H3;2,4-5,8,11-12H,3,6-7,9-10,19H2,1H3. The highest BCUT2D eigenvalue weighted by molar-refractivity contribution is 5.96. The Balaban J connectivity index is 0.000000178. The van der Waals surface area contributed by atoms with Gasteiger partial charge in [0.1, 0.15) is 11.6 Å². The highest BCUT2D eigenvalue weighted by atomic mass is 16.5. The number of nitrogens with zero attached hydrogens (tertiary/aromatic N) is 4. The van der Waals surface area contributed by atoms with E-state index >= 15 is 0 Å². The number of hydrogen-bond acceptors (Lipinski definition) is 8. The van der Waals surface area contributed by atoms with Gasteiger partial charge in [0, 0.05) is 48.5 Å². The number of Topliss-reactive ketones (excluding diaryl/α,β-unsaturated/α-hetero) is 1. The first-order valence-electron chi connectivity index (χ1n) is 15.9. The van der Waals surface area contributed by atoms with Crippen LogP contribution in [0.2, 0.25) is 0 Å². The monoisotopic (exact) mass is 605 g/mol. The van der Waals surface area contributed by atoms with Gasteiger partial charge in [0.25, 0.3) is 0 Å². The van der Waals surface area contributed by atoms with E-state index in [1.807, 2.05) is 0 Å². The lowest BCUT2D eigenvalue weighted by Crippen LogP contribution is -2.37. The van der Waals surface area contributed by atoms with Crippen molar-refractivity contribution in [3.05, 3.63) is 118 Å². The summed E-state index contributed by atoms with van der Waals surface area (Å²) in [5.41, 5.74) is 11.9. The third-order valence-corrected chi connectivity index (χ3v) is 9.30. The number of benzene rings is 2. The van der Waals surface area contributed by atoms with E-state index in [1.54, 1.807) is 31.7 Å². The average Bonchev–Trinajstić information content (AvgIpc) is 3.01. The molecule has 2 aromatic heterocycles. The molecule has 2 aliphatic carbocycles. The molecule has 0 bridgehead atoms. The van der Waals surface area contributed by atoms with Crippen LogP contribution in [-0.2, 0) is 28.4 Å². The van der Waals surface area contributed by atoms with Gasteiger partial charge in [0.05, 0.1) is 24.3 Å². The molecular formula is C37H43N5O3. The maximum atomic E-state index is 11.7. The third kappa shape index (κ3) is 7.51. The Kier molecular flexibility index (Phi) is 10.1. The average molecular weight is 606 g/mol. The molecule has 0 radical (unpaired) electrons. The summed E-state index contributed by atoms with van der Waals surface area (Å²) in [6.07, 6.45) is 15.2. The second kappa shape index (κ2) is 14.2. The smallest absolute Gasteiger partial charge is 0.341 e. The van der Waals surface area contributed by atoms with Crippen molar-refractivity contribution in [1.29, 1.82) is 0 Å². The van der Waals surface area contributed by atoms with Crippen LogP contribution in [0.25, 0.3) is 0 Å². The van der Waals surface area contributed by atoms with E-state index in [0.29, 0.717) is 17.7 Å². The molecule has 0 amide bonds. The Morgan fingerprint density at radius 2 is 1.18 bits per heavy atom. The van der Waals surface area contributed by atoms with Crippen LogP contribution in [0.1, 0.15) is 100 Å². The van der Waals surface area contributed by atoms with Gasteiger partial charge in [-0.2, -0.15) is 0 Å². The summed E-state index contributed by atoms with van der Waals surface area (Å²) in [5, 5.41) is 0. The summed E-state index contributed by atoms with van der Waals surface area (Å²) in [6.45, 7) is 6.39. The Hall–Kier alpha value is -4.30. The Labute approximate surface area is 265 Å². The van der Waals surface area contributed by atoms with Gasteiger partial charge in [0.15, 0.2) is 5.78 Å². The van der Waals surface area contributed by atoms with Gasteiger partial charge >= 0.3 is 5.97 Å². The fourth-order valence-electron chi connectivity index (χ4n) is 6.37. The number of nitrogens with two attached hydrogens (primary N) is 1. The molecule has 0 spiro atoms. The molecule has 234 valence electrons. The van der Waals surface area contributed by atoms with Gasteiger partial charge in [-0.3, -0.25) is 4.79 Å². The number of hydrogen-bond donors (Lipinski definition) is 1. The van der Waals surface area contributed by atoms with Crippen LogP contribution < -0.4 is 5.73 Å². The largest absolute Gasteiger partial charge is 0.462 e. The number of aromatic nitrogens is 4. The molecule has 0 aliphatic heterocycles. The predicted octanol–water partition coefficient (Wildman–Crippen LogP) is 6.22. The van der Waals surface area contributed by atoms with E-state index in [0.717, 1.165) is 24.5 Å². The maximum absolute atomic E-state index is 11.7. The molecule has 2 saturated carbocycles. The molecule has 2 heterocycles. The van der Waals surface area contributed by atoms with Crippen molar-refractivity contribution in [2.45, 2.75) is 83.0 Å². The van der Waals surface area contributed by atoms with Gasteiger partial charge in [-0.25, -0.2) is 24.7 Å². The molecule has 8 heteroatoms. The fourth-order valence-corrected chi connectivity index (χ4v) is 6.37. The molecule has 0 atom stereocenters. The molecule has 2 fully saturated rings. The van der Waals surface area contributed by atoms with E-state index in [9.17, 15) is 9.59 Å². The quantitative estimate of drug-likeness (QED) is 0.167. The highest BCUT2D eigenvalue weighted by Crippen LogP contribution is 2.47. The number of esters is 1. The summed E-state index contributed by atoms with van der Waals surface area (Å²) in [4.78, 5) is 40.7. The molecule has 0 unspecified atom stereocenters. The van der Waals surface area contributed by atoms with Crippen molar-refractivity contribution in [3.63, 3.8) is 0 Å². The van der Waals surface area contributed by atoms with Gasteiger partial charge in [-0.05, 0) is 57.6 Å². The zero-order valence-corrected chi connectivity index (χ0v) is 26.6. The summed E-state index contributed by atoms with van der Waals surface area (Å²) in [6, 6.07) is 17.4. The zero-order valence-electron chi connectivity index (χ0n) is 26.6. The van der Waals surface area contributed by atoms with Crippen molar-refractivity contribution in [2.24, 2.45) is 5.73 Å². The molecular weight excluding hydrogens is 562 g/mol. The number of ketones is 1. The first kappa shape index (κ1) is 32.1. The van der Waals surface area contributed by atoms with Crippen LogP contribution in [-0.4, -0.2) is 44.8 Å². The van der Waals surface area contributed by atoms with Crippen LogP contribution in [0.4, 0.5) is 0 Å². The number of carbonyl (C=O) groups excluding carboxylic acids is 2. The zero-order chi connectivity index (χ0) is 31.9. The molecule has 2 aliphatic rings. The highest BCUT2D eigenvalue weighted by Gasteiger charge is 2.40. The third-order valence-electron chi connectivity index (χ3n) is 9.30. The van der Waals surface area contributed by atoms with Crippen molar-refractivity contribution in [3.8, 4) is 0 Å². The minimum Gasteiger partial charge on any atom is -0.462 e. The predicted molar refractivity (Wildman–Crippen MR) is 174 cm³/mol. The summed E-state index contributed by atoms with van der Waals surface area (Å²) < 4.78 is 4.96. The Morgan fingerprint density at radius 3 is 1.53 bits per heavy atom. The molecule has 2 aromatic carbocycles. The topological polar surface area (TPSA) is 121 Å². The van der Waals surface area contributed by atoms with E-state index < -0.39 is 0 Å². The van der Waals surface area contributed by atoms with E-state index in [2.05, 4.69) is 82.3 Å². The number of rotatable bonds is 10. The minimum absolute atomic E-state index is 0.00403. The first-order chi connectivity index (χ1) is 21.8. The van der Waals surface area contributed by atoms with Crippen LogP contribution in [0.3, 0.4) is 0 Å². The first-order valence-corrected chi connectivity index (χ1v) is 15.9. The molecule has 8 nitrogen and oxygen atoms in total. The Bertz CT molecular complexity index is 1610.